The molecule has 2 heterocycles. The molecule has 1 aliphatic heterocycles. The van der Waals surface area contributed by atoms with Gasteiger partial charge in [0.15, 0.2) is 0 Å². The number of carbonyl (C=O) groups excluding carboxylic acids is 2. The molecule has 3 rings (SSSR count). The van der Waals surface area contributed by atoms with Crippen molar-refractivity contribution in [2.24, 2.45) is 0 Å². The van der Waals surface area contributed by atoms with E-state index in [-0.39, 0.29) is 24.2 Å². The first-order valence-electron chi connectivity index (χ1n) is 10.0. The number of piperidine rings is 1. The summed E-state index contributed by atoms with van der Waals surface area (Å²) in [7, 11) is 0. The van der Waals surface area contributed by atoms with E-state index in [0.717, 1.165) is 29.8 Å². The smallest absolute Gasteiger partial charge is 0.253 e. The molecule has 1 fully saturated rings. The molecule has 0 unspecified atom stereocenters. The number of nitrogens with zero attached hydrogens (tertiary/aromatic N) is 3. The van der Waals surface area contributed by atoms with Crippen molar-refractivity contribution in [3.8, 4) is 0 Å². The molecule has 29 heavy (non-hydrogen) atoms. The van der Waals surface area contributed by atoms with E-state index in [0.29, 0.717) is 31.0 Å². The first-order chi connectivity index (χ1) is 13.9. The van der Waals surface area contributed by atoms with Gasteiger partial charge in [-0.05, 0) is 51.8 Å². The minimum atomic E-state index is -0.415. The number of likely N-dealkylation sites (N-methyl/N-ethyl adjacent to an activating group) is 1. The van der Waals surface area contributed by atoms with Gasteiger partial charge in [0.25, 0.3) is 5.91 Å². The molecular formula is C22H27FN4O2. The number of hydrogen-bond acceptors (Lipinski definition) is 4. The molecule has 0 spiro atoms. The van der Waals surface area contributed by atoms with Crippen LogP contribution < -0.4 is 5.32 Å². The first-order valence-corrected chi connectivity index (χ1v) is 10.0. The highest BCUT2D eigenvalue weighted by Crippen LogP contribution is 2.27. The zero-order chi connectivity index (χ0) is 21.0. The Balaban J connectivity index is 1.76. The Morgan fingerprint density at radius 2 is 1.97 bits per heavy atom. The summed E-state index contributed by atoms with van der Waals surface area (Å²) in [5.74, 6) is 0.102. The summed E-state index contributed by atoms with van der Waals surface area (Å²) in [5, 5.41) is 2.80. The lowest BCUT2D eigenvalue weighted by molar-refractivity contribution is -0.120. The molecule has 2 amide bonds. The van der Waals surface area contributed by atoms with Crippen LogP contribution in [0.4, 0.5) is 4.39 Å². The molecule has 1 aromatic carbocycles. The molecule has 0 radical (unpaired) electrons. The van der Waals surface area contributed by atoms with E-state index in [2.05, 4.69) is 15.3 Å². The number of halogens is 1. The van der Waals surface area contributed by atoms with Gasteiger partial charge in [-0.15, -0.1) is 0 Å². The highest BCUT2D eigenvalue weighted by atomic mass is 19.1. The molecule has 154 valence electrons. The van der Waals surface area contributed by atoms with Gasteiger partial charge in [-0.3, -0.25) is 9.59 Å². The lowest BCUT2D eigenvalue weighted by atomic mass is 9.95. The maximum absolute atomic E-state index is 13.5. The minimum Gasteiger partial charge on any atom is -0.356 e. The Hall–Kier alpha value is -2.83. The van der Waals surface area contributed by atoms with Crippen LogP contribution >= 0.6 is 0 Å². The van der Waals surface area contributed by atoms with Gasteiger partial charge in [-0.25, -0.2) is 14.4 Å². The molecule has 1 aliphatic rings. The van der Waals surface area contributed by atoms with Crippen LogP contribution in [0, 0.1) is 19.7 Å². The number of aromatic nitrogens is 2. The number of hydrogen-bond donors (Lipinski definition) is 1. The standard InChI is InChI=1S/C22H27FN4O2/c1-4-24-20(28)12-19-14(2)25-21(26-15(19)3)17-8-6-10-27(13-17)22(29)16-7-5-9-18(23)11-16/h5,7,9,11,17H,4,6,8,10,12-13H2,1-3H3,(H,24,28)/t17-/m0/s1. The predicted molar refractivity (Wildman–Crippen MR) is 108 cm³/mol. The van der Waals surface area contributed by atoms with Crippen molar-refractivity contribution < 1.29 is 14.0 Å². The summed E-state index contributed by atoms with van der Waals surface area (Å²) in [6, 6.07) is 5.79. The van der Waals surface area contributed by atoms with Gasteiger partial charge in [0.1, 0.15) is 11.6 Å². The fraction of sp³-hybridized carbons (Fsp3) is 0.455. The van der Waals surface area contributed by atoms with Crippen LogP contribution in [0.15, 0.2) is 24.3 Å². The third-order valence-corrected chi connectivity index (χ3v) is 5.29. The molecule has 0 saturated carbocycles. The van der Waals surface area contributed by atoms with Crippen LogP contribution in [0.3, 0.4) is 0 Å². The third-order valence-electron chi connectivity index (χ3n) is 5.29. The van der Waals surface area contributed by atoms with Crippen molar-refractivity contribution in [3.05, 3.63) is 58.4 Å². The number of benzene rings is 1. The monoisotopic (exact) mass is 398 g/mol. The molecule has 0 bridgehead atoms. The van der Waals surface area contributed by atoms with E-state index < -0.39 is 5.82 Å². The highest BCUT2D eigenvalue weighted by Gasteiger charge is 2.28. The van der Waals surface area contributed by atoms with E-state index in [1.165, 1.54) is 12.1 Å². The second-order valence-electron chi connectivity index (χ2n) is 7.46. The zero-order valence-electron chi connectivity index (χ0n) is 17.2. The van der Waals surface area contributed by atoms with E-state index in [1.807, 2.05) is 20.8 Å². The molecule has 1 aromatic heterocycles. The van der Waals surface area contributed by atoms with E-state index in [4.69, 9.17) is 0 Å². The van der Waals surface area contributed by atoms with Crippen LogP contribution in [0.1, 0.15) is 58.8 Å². The number of aryl methyl sites for hydroxylation is 2. The summed E-state index contributed by atoms with van der Waals surface area (Å²) >= 11 is 0. The van der Waals surface area contributed by atoms with Crippen LogP contribution in [0.5, 0.6) is 0 Å². The van der Waals surface area contributed by atoms with Crippen LogP contribution in [0.2, 0.25) is 0 Å². The van der Waals surface area contributed by atoms with Crippen molar-refractivity contribution in [3.63, 3.8) is 0 Å². The van der Waals surface area contributed by atoms with Crippen molar-refractivity contribution in [2.45, 2.75) is 46.0 Å². The van der Waals surface area contributed by atoms with Gasteiger partial charge in [0, 0.05) is 48.1 Å². The Bertz CT molecular complexity index is 892. The molecule has 1 saturated heterocycles. The maximum Gasteiger partial charge on any atom is 0.253 e. The molecule has 7 heteroatoms. The third kappa shape index (κ3) is 4.96. The van der Waals surface area contributed by atoms with E-state index >= 15 is 0 Å². The van der Waals surface area contributed by atoms with Gasteiger partial charge in [0.05, 0.1) is 6.42 Å². The SMILES string of the molecule is CCNC(=O)Cc1c(C)nc([C@H]2CCCN(C(=O)c3cccc(F)c3)C2)nc1C. The fourth-order valence-electron chi connectivity index (χ4n) is 3.80. The van der Waals surface area contributed by atoms with Crippen molar-refractivity contribution in [1.29, 1.82) is 0 Å². The Kier molecular flexibility index (Phi) is 6.56. The van der Waals surface area contributed by atoms with Gasteiger partial charge < -0.3 is 10.2 Å². The molecule has 0 aliphatic carbocycles. The summed E-state index contributed by atoms with van der Waals surface area (Å²) in [6.45, 7) is 7.41. The maximum atomic E-state index is 13.5. The van der Waals surface area contributed by atoms with Crippen molar-refractivity contribution in [1.82, 2.24) is 20.2 Å². The number of nitrogens with one attached hydrogen (secondary N) is 1. The average Bonchev–Trinajstić information content (AvgIpc) is 2.70. The molecule has 2 aromatic rings. The summed E-state index contributed by atoms with van der Waals surface area (Å²) in [4.78, 5) is 35.8. The minimum absolute atomic E-state index is 0.0252. The lowest BCUT2D eigenvalue weighted by Crippen LogP contribution is -2.39. The number of likely N-dealkylation sites (tertiary alicyclic amines) is 1. The highest BCUT2D eigenvalue weighted by molar-refractivity contribution is 5.94. The normalized spacial score (nSPS) is 16.6. The van der Waals surface area contributed by atoms with E-state index in [9.17, 15) is 14.0 Å². The van der Waals surface area contributed by atoms with Gasteiger partial charge in [-0.1, -0.05) is 6.07 Å². The summed E-state index contributed by atoms with van der Waals surface area (Å²) in [6.07, 6.45) is 2.00. The van der Waals surface area contributed by atoms with Crippen LogP contribution in [0.25, 0.3) is 0 Å². The fourth-order valence-corrected chi connectivity index (χ4v) is 3.80. The topological polar surface area (TPSA) is 75.2 Å². The average molecular weight is 398 g/mol. The second-order valence-corrected chi connectivity index (χ2v) is 7.46. The van der Waals surface area contributed by atoms with Crippen LogP contribution in [-0.2, 0) is 11.2 Å². The Morgan fingerprint density at radius 1 is 1.24 bits per heavy atom. The second kappa shape index (κ2) is 9.11. The summed E-state index contributed by atoms with van der Waals surface area (Å²) < 4.78 is 13.5. The zero-order valence-corrected chi connectivity index (χ0v) is 17.2. The van der Waals surface area contributed by atoms with Gasteiger partial charge in [-0.2, -0.15) is 0 Å². The molecule has 1 atom stereocenters. The molecule has 1 N–H and O–H groups in total. The van der Waals surface area contributed by atoms with Crippen LogP contribution in [-0.4, -0.2) is 46.3 Å². The lowest BCUT2D eigenvalue weighted by Gasteiger charge is -2.32. The van der Waals surface area contributed by atoms with Gasteiger partial charge in [0.2, 0.25) is 5.91 Å². The summed E-state index contributed by atoms with van der Waals surface area (Å²) in [5.41, 5.74) is 2.80. The number of amides is 2. The Morgan fingerprint density at radius 3 is 2.62 bits per heavy atom. The van der Waals surface area contributed by atoms with Crippen molar-refractivity contribution in [2.75, 3.05) is 19.6 Å². The predicted octanol–water partition coefficient (Wildman–Crippen LogP) is 2.93. The van der Waals surface area contributed by atoms with Gasteiger partial charge >= 0.3 is 0 Å². The first kappa shape index (κ1) is 20.9. The number of carbonyl (C=O) groups is 2. The molecule has 6 nitrogen and oxygen atoms in total. The van der Waals surface area contributed by atoms with E-state index in [1.54, 1.807) is 17.0 Å². The molecular weight excluding hydrogens is 371 g/mol. The quantitative estimate of drug-likeness (QED) is 0.840. The number of rotatable bonds is 5. The Labute approximate surface area is 170 Å². The van der Waals surface area contributed by atoms with Crippen molar-refractivity contribution >= 4 is 11.8 Å². The largest absolute Gasteiger partial charge is 0.356 e.